The number of halogens is 2. The smallest absolute Gasteiger partial charge is 0.165 e. The summed E-state index contributed by atoms with van der Waals surface area (Å²) in [5.74, 6) is -0.171. The average molecular weight is 266 g/mol. The van der Waals surface area contributed by atoms with E-state index in [0.29, 0.717) is 11.6 Å². The van der Waals surface area contributed by atoms with Crippen LogP contribution < -0.4 is 10.5 Å². The Morgan fingerprint density at radius 2 is 2.00 bits per heavy atom. The quantitative estimate of drug-likeness (QED) is 0.920. The van der Waals surface area contributed by atoms with Gasteiger partial charge >= 0.3 is 0 Å². The summed E-state index contributed by atoms with van der Waals surface area (Å²) in [4.78, 5) is 0. The van der Waals surface area contributed by atoms with Gasteiger partial charge in [-0.25, -0.2) is 4.39 Å². The number of hydrogen-bond acceptors (Lipinski definition) is 2. The minimum atomic E-state index is -0.395. The molecule has 18 heavy (non-hydrogen) atoms. The molecule has 2 rings (SSSR count). The molecule has 0 saturated carbocycles. The maximum absolute atomic E-state index is 13.7. The molecule has 0 saturated heterocycles. The fourth-order valence-corrected chi connectivity index (χ4v) is 2.04. The molecule has 0 bridgehead atoms. The first-order chi connectivity index (χ1) is 8.65. The lowest BCUT2D eigenvalue weighted by molar-refractivity contribution is 0.386. The first-order valence-corrected chi connectivity index (χ1v) is 5.86. The lowest BCUT2D eigenvalue weighted by Crippen LogP contribution is -1.99. The van der Waals surface area contributed by atoms with Gasteiger partial charge in [0.05, 0.1) is 7.11 Å². The van der Waals surface area contributed by atoms with Gasteiger partial charge in [-0.15, -0.1) is 0 Å². The van der Waals surface area contributed by atoms with Gasteiger partial charge in [0.1, 0.15) is 0 Å². The Labute approximate surface area is 110 Å². The van der Waals surface area contributed by atoms with Crippen LogP contribution in [-0.2, 0) is 6.54 Å². The summed E-state index contributed by atoms with van der Waals surface area (Å²) < 4.78 is 18.6. The van der Waals surface area contributed by atoms with Crippen molar-refractivity contribution in [3.8, 4) is 16.9 Å². The number of nitrogens with two attached hydrogens (primary N) is 1. The molecule has 0 fully saturated rings. The summed E-state index contributed by atoms with van der Waals surface area (Å²) in [6.45, 7) is 0.351. The molecule has 0 aromatic heterocycles. The predicted octanol–water partition coefficient (Wildman–Crippen LogP) is 3.61. The SMILES string of the molecule is COc1ccc(-c2ccc(Cl)cc2CN)cc1F. The third-order valence-corrected chi connectivity index (χ3v) is 2.99. The fraction of sp³-hybridized carbons (Fsp3) is 0.143. The van der Waals surface area contributed by atoms with E-state index >= 15 is 0 Å². The molecule has 94 valence electrons. The highest BCUT2D eigenvalue weighted by atomic mass is 35.5. The molecule has 2 N–H and O–H groups in total. The number of rotatable bonds is 3. The van der Waals surface area contributed by atoms with Crippen molar-refractivity contribution in [3.05, 3.63) is 52.8 Å². The second-order valence-corrected chi connectivity index (χ2v) is 4.29. The molecule has 0 atom stereocenters. The minimum absolute atomic E-state index is 0.224. The van der Waals surface area contributed by atoms with E-state index in [9.17, 15) is 4.39 Å². The van der Waals surface area contributed by atoms with Gasteiger partial charge in [0, 0.05) is 11.6 Å². The Hall–Kier alpha value is -1.58. The first kappa shape index (κ1) is 12.9. The molecule has 2 aromatic carbocycles. The summed E-state index contributed by atoms with van der Waals surface area (Å²) in [6, 6.07) is 10.2. The van der Waals surface area contributed by atoms with Crippen molar-refractivity contribution in [3.63, 3.8) is 0 Å². The average Bonchev–Trinajstić information content (AvgIpc) is 2.38. The van der Waals surface area contributed by atoms with Crippen LogP contribution >= 0.6 is 11.6 Å². The van der Waals surface area contributed by atoms with E-state index in [0.717, 1.165) is 16.7 Å². The molecule has 0 aliphatic heterocycles. The largest absolute Gasteiger partial charge is 0.494 e. The van der Waals surface area contributed by atoms with Crippen LogP contribution in [-0.4, -0.2) is 7.11 Å². The van der Waals surface area contributed by atoms with Crippen LogP contribution in [0, 0.1) is 5.82 Å². The van der Waals surface area contributed by atoms with Crippen LogP contribution in [0.4, 0.5) is 4.39 Å². The van der Waals surface area contributed by atoms with Gasteiger partial charge in [0.15, 0.2) is 11.6 Å². The fourth-order valence-electron chi connectivity index (χ4n) is 1.85. The van der Waals surface area contributed by atoms with Gasteiger partial charge in [0.25, 0.3) is 0 Å². The summed E-state index contributed by atoms with van der Waals surface area (Å²) >= 11 is 5.91. The van der Waals surface area contributed by atoms with E-state index in [1.807, 2.05) is 6.07 Å². The van der Waals surface area contributed by atoms with E-state index in [1.165, 1.54) is 13.2 Å². The number of methoxy groups -OCH3 is 1. The molecule has 4 heteroatoms. The molecule has 2 nitrogen and oxygen atoms in total. The van der Waals surface area contributed by atoms with Crippen LogP contribution in [0.1, 0.15) is 5.56 Å². The van der Waals surface area contributed by atoms with Crippen LogP contribution in [0.3, 0.4) is 0 Å². The van der Waals surface area contributed by atoms with E-state index in [2.05, 4.69) is 0 Å². The first-order valence-electron chi connectivity index (χ1n) is 5.48. The number of hydrogen-bond donors (Lipinski definition) is 1. The van der Waals surface area contributed by atoms with Crippen molar-refractivity contribution >= 4 is 11.6 Å². The van der Waals surface area contributed by atoms with Crippen molar-refractivity contribution in [2.45, 2.75) is 6.54 Å². The summed E-state index contributed by atoms with van der Waals surface area (Å²) in [6.07, 6.45) is 0. The van der Waals surface area contributed by atoms with E-state index in [1.54, 1.807) is 24.3 Å². The van der Waals surface area contributed by atoms with E-state index in [4.69, 9.17) is 22.1 Å². The third-order valence-electron chi connectivity index (χ3n) is 2.75. The molecule has 2 aromatic rings. The molecule has 0 heterocycles. The normalized spacial score (nSPS) is 10.4. The highest BCUT2D eigenvalue weighted by Gasteiger charge is 2.08. The number of benzene rings is 2. The van der Waals surface area contributed by atoms with Crippen molar-refractivity contribution in [2.24, 2.45) is 5.73 Å². The van der Waals surface area contributed by atoms with Crippen LogP contribution in [0.5, 0.6) is 5.75 Å². The zero-order valence-electron chi connectivity index (χ0n) is 9.91. The van der Waals surface area contributed by atoms with Crippen LogP contribution in [0.2, 0.25) is 5.02 Å². The molecule has 0 aliphatic rings. The van der Waals surface area contributed by atoms with Crippen molar-refractivity contribution in [1.82, 2.24) is 0 Å². The summed E-state index contributed by atoms with van der Waals surface area (Å²) in [7, 11) is 1.44. The van der Waals surface area contributed by atoms with Crippen molar-refractivity contribution in [2.75, 3.05) is 7.11 Å². The number of ether oxygens (including phenoxy) is 1. The predicted molar refractivity (Wildman–Crippen MR) is 71.3 cm³/mol. The van der Waals surface area contributed by atoms with Crippen molar-refractivity contribution < 1.29 is 9.13 Å². The van der Waals surface area contributed by atoms with Crippen LogP contribution in [0.15, 0.2) is 36.4 Å². The summed E-state index contributed by atoms with van der Waals surface area (Å²) in [5.41, 5.74) is 8.19. The Bertz CT molecular complexity index is 572. The lowest BCUT2D eigenvalue weighted by Gasteiger charge is -2.10. The van der Waals surface area contributed by atoms with Gasteiger partial charge < -0.3 is 10.5 Å². The highest BCUT2D eigenvalue weighted by molar-refractivity contribution is 6.30. The minimum Gasteiger partial charge on any atom is -0.494 e. The monoisotopic (exact) mass is 265 g/mol. The molecule has 0 amide bonds. The van der Waals surface area contributed by atoms with Gasteiger partial charge in [-0.2, -0.15) is 0 Å². The van der Waals surface area contributed by atoms with E-state index < -0.39 is 5.82 Å². The third kappa shape index (κ3) is 2.47. The van der Waals surface area contributed by atoms with Gasteiger partial charge in [-0.3, -0.25) is 0 Å². The van der Waals surface area contributed by atoms with Gasteiger partial charge in [0.2, 0.25) is 0 Å². The summed E-state index contributed by atoms with van der Waals surface area (Å²) in [5, 5.41) is 0.619. The Kier molecular flexibility index (Phi) is 3.84. The molecule has 0 spiro atoms. The van der Waals surface area contributed by atoms with Gasteiger partial charge in [-0.05, 0) is 41.0 Å². The second kappa shape index (κ2) is 5.38. The van der Waals surface area contributed by atoms with Crippen molar-refractivity contribution in [1.29, 1.82) is 0 Å². The molecule has 0 unspecified atom stereocenters. The van der Waals surface area contributed by atoms with E-state index in [-0.39, 0.29) is 5.75 Å². The molecule has 0 aliphatic carbocycles. The maximum atomic E-state index is 13.7. The molecular formula is C14H13ClFNO. The lowest BCUT2D eigenvalue weighted by atomic mass is 9.99. The Morgan fingerprint density at radius 3 is 2.61 bits per heavy atom. The van der Waals surface area contributed by atoms with Gasteiger partial charge in [-0.1, -0.05) is 23.7 Å². The second-order valence-electron chi connectivity index (χ2n) is 3.85. The Morgan fingerprint density at radius 1 is 1.22 bits per heavy atom. The van der Waals surface area contributed by atoms with Crippen LogP contribution in [0.25, 0.3) is 11.1 Å². The zero-order valence-corrected chi connectivity index (χ0v) is 10.7. The Balaban J connectivity index is 2.51. The zero-order chi connectivity index (χ0) is 13.1. The maximum Gasteiger partial charge on any atom is 0.165 e. The molecular weight excluding hydrogens is 253 g/mol. The molecule has 0 radical (unpaired) electrons. The highest BCUT2D eigenvalue weighted by Crippen LogP contribution is 2.29. The standard InChI is InChI=1S/C14H13ClFNO/c1-18-14-5-2-9(7-13(14)16)12-4-3-11(15)6-10(12)8-17/h2-7H,8,17H2,1H3. The topological polar surface area (TPSA) is 35.2 Å².